The van der Waals surface area contributed by atoms with Gasteiger partial charge in [0.25, 0.3) is 0 Å². The molecule has 0 aliphatic carbocycles. The lowest BCUT2D eigenvalue weighted by molar-refractivity contribution is -0.130. The van der Waals surface area contributed by atoms with Gasteiger partial charge in [0, 0.05) is 13.1 Å². The van der Waals surface area contributed by atoms with Gasteiger partial charge in [0.05, 0.1) is 12.5 Å². The molecule has 0 radical (unpaired) electrons. The molecule has 0 aromatic carbocycles. The van der Waals surface area contributed by atoms with E-state index in [9.17, 15) is 4.79 Å². The molecule has 0 saturated heterocycles. The average molecular weight is 245 g/mol. The van der Waals surface area contributed by atoms with E-state index in [1.54, 1.807) is 11.8 Å². The van der Waals surface area contributed by atoms with Crippen molar-refractivity contribution in [2.75, 3.05) is 13.1 Å². The number of hydrogen-bond donors (Lipinski definition) is 0. The van der Waals surface area contributed by atoms with Gasteiger partial charge in [0.2, 0.25) is 5.91 Å². The quantitative estimate of drug-likeness (QED) is 0.487. The first-order valence-electron chi connectivity index (χ1n) is 5.93. The highest BCUT2D eigenvalue weighted by molar-refractivity contribution is 6.30. The maximum Gasteiger partial charge on any atom is 0.240 e. The Balaban J connectivity index is 4.01. The van der Waals surface area contributed by atoms with Crippen LogP contribution in [0.2, 0.25) is 0 Å². The van der Waals surface area contributed by atoms with Gasteiger partial charge in [0.1, 0.15) is 5.38 Å². The van der Waals surface area contributed by atoms with Crippen LogP contribution < -0.4 is 0 Å². The molecule has 1 unspecified atom stereocenters. The van der Waals surface area contributed by atoms with Crippen LogP contribution in [0.1, 0.15) is 46.0 Å². The lowest BCUT2D eigenvalue weighted by atomic mass is 10.2. The summed E-state index contributed by atoms with van der Waals surface area (Å²) in [5.74, 6) is -0.0617. The summed E-state index contributed by atoms with van der Waals surface area (Å²) in [6.45, 7) is 5.05. The molecule has 0 bridgehead atoms. The van der Waals surface area contributed by atoms with Crippen LogP contribution in [0.4, 0.5) is 0 Å². The molecule has 16 heavy (non-hydrogen) atoms. The molecule has 0 fully saturated rings. The van der Waals surface area contributed by atoms with Crippen molar-refractivity contribution in [2.45, 2.75) is 51.3 Å². The molecular weight excluding hydrogens is 224 g/mol. The minimum Gasteiger partial charge on any atom is -0.340 e. The largest absolute Gasteiger partial charge is 0.340 e. The van der Waals surface area contributed by atoms with Crippen molar-refractivity contribution in [3.63, 3.8) is 0 Å². The predicted octanol–water partition coefficient (Wildman–Crippen LogP) is 2.94. The molecule has 1 atom stereocenters. The number of halogens is 1. The monoisotopic (exact) mass is 244 g/mol. The number of hydrogen-bond acceptors (Lipinski definition) is 2. The summed E-state index contributed by atoms with van der Waals surface area (Å²) < 4.78 is 0. The van der Waals surface area contributed by atoms with Crippen molar-refractivity contribution >= 4 is 17.5 Å². The fourth-order valence-corrected chi connectivity index (χ4v) is 1.64. The Morgan fingerprint density at radius 1 is 1.38 bits per heavy atom. The van der Waals surface area contributed by atoms with Gasteiger partial charge in [-0.3, -0.25) is 4.79 Å². The lowest BCUT2D eigenvalue weighted by Gasteiger charge is -2.22. The summed E-state index contributed by atoms with van der Waals surface area (Å²) in [5.41, 5.74) is 0. The Morgan fingerprint density at radius 2 is 2.06 bits per heavy atom. The van der Waals surface area contributed by atoms with Gasteiger partial charge in [0.15, 0.2) is 0 Å². The molecule has 0 aliphatic rings. The molecule has 0 aliphatic heterocycles. The third-order valence-electron chi connectivity index (χ3n) is 2.43. The third kappa shape index (κ3) is 6.68. The summed E-state index contributed by atoms with van der Waals surface area (Å²) in [5, 5.41) is 8.03. The summed E-state index contributed by atoms with van der Waals surface area (Å²) in [7, 11) is 0. The molecule has 0 spiro atoms. The summed E-state index contributed by atoms with van der Waals surface area (Å²) >= 11 is 5.77. The van der Waals surface area contributed by atoms with Crippen molar-refractivity contribution in [3.8, 4) is 6.07 Å². The minimum atomic E-state index is -0.495. The molecule has 0 aromatic rings. The summed E-state index contributed by atoms with van der Waals surface area (Å²) in [4.78, 5) is 13.4. The maximum atomic E-state index is 11.7. The van der Waals surface area contributed by atoms with E-state index in [4.69, 9.17) is 16.9 Å². The molecule has 0 heterocycles. The zero-order valence-corrected chi connectivity index (χ0v) is 11.0. The Kier molecular flexibility index (Phi) is 9.03. The Hall–Kier alpha value is -0.750. The highest BCUT2D eigenvalue weighted by atomic mass is 35.5. The smallest absolute Gasteiger partial charge is 0.240 e. The number of carbonyl (C=O) groups excluding carboxylic acids is 1. The van der Waals surface area contributed by atoms with Crippen molar-refractivity contribution in [1.82, 2.24) is 4.90 Å². The zero-order valence-electron chi connectivity index (χ0n) is 10.2. The first-order chi connectivity index (χ1) is 7.63. The second kappa shape index (κ2) is 9.47. The fraction of sp³-hybridized carbons (Fsp3) is 0.833. The SMILES string of the molecule is CCCCCCN(CCC#N)C(=O)C(C)Cl. The topological polar surface area (TPSA) is 44.1 Å². The van der Waals surface area contributed by atoms with E-state index in [0.717, 1.165) is 19.4 Å². The molecule has 3 nitrogen and oxygen atoms in total. The summed E-state index contributed by atoms with van der Waals surface area (Å²) in [6, 6.07) is 2.06. The van der Waals surface area contributed by atoms with Gasteiger partial charge in [-0.1, -0.05) is 26.2 Å². The zero-order chi connectivity index (χ0) is 12.4. The van der Waals surface area contributed by atoms with E-state index in [0.29, 0.717) is 13.0 Å². The highest BCUT2D eigenvalue weighted by Crippen LogP contribution is 2.06. The number of rotatable bonds is 8. The van der Waals surface area contributed by atoms with Crippen LogP contribution in [0.3, 0.4) is 0 Å². The molecule has 0 N–H and O–H groups in total. The maximum absolute atomic E-state index is 11.7. The van der Waals surface area contributed by atoms with E-state index in [2.05, 4.69) is 13.0 Å². The number of nitriles is 1. The van der Waals surface area contributed by atoms with Gasteiger partial charge >= 0.3 is 0 Å². The molecule has 92 valence electrons. The molecule has 1 amide bonds. The van der Waals surface area contributed by atoms with Crippen LogP contribution in [-0.2, 0) is 4.79 Å². The minimum absolute atomic E-state index is 0.0617. The fourth-order valence-electron chi connectivity index (χ4n) is 1.50. The van der Waals surface area contributed by atoms with E-state index in [1.165, 1.54) is 12.8 Å². The number of nitrogens with zero attached hydrogens (tertiary/aromatic N) is 2. The van der Waals surface area contributed by atoms with Crippen molar-refractivity contribution in [2.24, 2.45) is 0 Å². The van der Waals surface area contributed by atoms with E-state index < -0.39 is 5.38 Å². The first kappa shape index (κ1) is 15.2. The second-order valence-electron chi connectivity index (χ2n) is 3.91. The number of carbonyl (C=O) groups is 1. The van der Waals surface area contributed by atoms with Crippen molar-refractivity contribution < 1.29 is 4.79 Å². The van der Waals surface area contributed by atoms with Crippen LogP contribution in [0, 0.1) is 11.3 Å². The van der Waals surface area contributed by atoms with E-state index in [-0.39, 0.29) is 5.91 Å². The number of amides is 1. The normalized spacial score (nSPS) is 11.9. The van der Waals surface area contributed by atoms with Gasteiger partial charge in [-0.05, 0) is 13.3 Å². The van der Waals surface area contributed by atoms with Gasteiger partial charge in [-0.15, -0.1) is 11.6 Å². The second-order valence-corrected chi connectivity index (χ2v) is 4.56. The van der Waals surface area contributed by atoms with Crippen LogP contribution in [0.5, 0.6) is 0 Å². The highest BCUT2D eigenvalue weighted by Gasteiger charge is 2.17. The number of unbranched alkanes of at least 4 members (excludes halogenated alkanes) is 3. The molecule has 4 heteroatoms. The van der Waals surface area contributed by atoms with Gasteiger partial charge < -0.3 is 4.90 Å². The van der Waals surface area contributed by atoms with E-state index >= 15 is 0 Å². The Labute approximate surface area is 103 Å². The van der Waals surface area contributed by atoms with Crippen molar-refractivity contribution in [1.29, 1.82) is 5.26 Å². The summed E-state index contributed by atoms with van der Waals surface area (Å²) in [6.07, 6.45) is 4.87. The Morgan fingerprint density at radius 3 is 2.56 bits per heavy atom. The van der Waals surface area contributed by atoms with Crippen LogP contribution in [-0.4, -0.2) is 29.3 Å². The Bertz CT molecular complexity index is 236. The van der Waals surface area contributed by atoms with Crippen molar-refractivity contribution in [3.05, 3.63) is 0 Å². The predicted molar refractivity (Wildman–Crippen MR) is 66.3 cm³/mol. The first-order valence-corrected chi connectivity index (χ1v) is 6.37. The molecule has 0 saturated carbocycles. The lowest BCUT2D eigenvalue weighted by Crippen LogP contribution is -2.37. The molecule has 0 rings (SSSR count). The van der Waals surface area contributed by atoms with Crippen LogP contribution in [0.15, 0.2) is 0 Å². The molecule has 0 aromatic heterocycles. The van der Waals surface area contributed by atoms with E-state index in [1.807, 2.05) is 0 Å². The number of alkyl halides is 1. The standard InChI is InChI=1S/C12H21ClN2O/c1-3-4-5-6-9-15(10-7-8-14)12(16)11(2)13/h11H,3-7,9-10H2,1-2H3. The van der Waals surface area contributed by atoms with Crippen LogP contribution in [0.25, 0.3) is 0 Å². The average Bonchev–Trinajstić information content (AvgIpc) is 2.27. The molecular formula is C12H21ClN2O. The van der Waals surface area contributed by atoms with Crippen LogP contribution >= 0.6 is 11.6 Å². The van der Waals surface area contributed by atoms with Gasteiger partial charge in [-0.25, -0.2) is 0 Å². The van der Waals surface area contributed by atoms with Gasteiger partial charge in [-0.2, -0.15) is 5.26 Å². The third-order valence-corrected chi connectivity index (χ3v) is 2.61.